The second-order valence-electron chi connectivity index (χ2n) is 5.66. The predicted molar refractivity (Wildman–Crippen MR) is 97.4 cm³/mol. The molecule has 0 saturated heterocycles. The zero-order chi connectivity index (χ0) is 17.6. The van der Waals surface area contributed by atoms with E-state index < -0.39 is 0 Å². The molecule has 0 heterocycles. The van der Waals surface area contributed by atoms with Crippen LogP contribution in [0.25, 0.3) is 5.70 Å². The molecule has 0 saturated carbocycles. The number of aliphatic imine (C=N–C) groups is 1. The number of rotatable bonds is 5. The van der Waals surface area contributed by atoms with E-state index >= 15 is 0 Å². The fraction of sp³-hybridized carbons (Fsp3) is 0.444. The topological polar surface area (TPSA) is 41.9 Å². The van der Waals surface area contributed by atoms with Crippen molar-refractivity contribution < 1.29 is 9.53 Å². The van der Waals surface area contributed by atoms with E-state index in [2.05, 4.69) is 4.99 Å². The van der Waals surface area contributed by atoms with E-state index in [1.54, 1.807) is 29.3 Å². The first kappa shape index (κ1) is 19.2. The number of carbonyl (C=O) groups is 1. The predicted octanol–water partition coefficient (Wildman–Crippen LogP) is 5.41. The lowest BCUT2D eigenvalue weighted by molar-refractivity contribution is 0.122. The highest BCUT2D eigenvalue weighted by atomic mass is 35.5. The average molecular weight is 337 g/mol. The summed E-state index contributed by atoms with van der Waals surface area (Å²) < 4.78 is 5.63. The first-order valence-corrected chi connectivity index (χ1v) is 8.14. The van der Waals surface area contributed by atoms with Crippen molar-refractivity contribution in [3.8, 4) is 5.75 Å². The molecule has 4 nitrogen and oxygen atoms in total. The molecule has 0 unspecified atom stereocenters. The van der Waals surface area contributed by atoms with Gasteiger partial charge in [-0.25, -0.2) is 4.79 Å². The second-order valence-corrected chi connectivity index (χ2v) is 6.10. The van der Waals surface area contributed by atoms with Crippen LogP contribution < -0.4 is 4.74 Å². The summed E-state index contributed by atoms with van der Waals surface area (Å²) in [5.74, 6) is 0.449. The number of hydrogen-bond acceptors (Lipinski definition) is 3. The van der Waals surface area contributed by atoms with Gasteiger partial charge in [0.15, 0.2) is 0 Å². The van der Waals surface area contributed by atoms with Gasteiger partial charge in [-0.1, -0.05) is 17.7 Å². The quantitative estimate of drug-likeness (QED) is 0.675. The smallest absolute Gasteiger partial charge is 0.409 e. The minimum Gasteiger partial charge on any atom is -0.409 e. The molecule has 1 aromatic carbocycles. The minimum absolute atomic E-state index is 0.0492. The molecule has 1 rings (SSSR count). The van der Waals surface area contributed by atoms with Gasteiger partial charge in [0.05, 0.1) is 5.70 Å². The molecule has 1 aromatic rings. The molecule has 5 heteroatoms. The zero-order valence-corrected chi connectivity index (χ0v) is 15.4. The van der Waals surface area contributed by atoms with E-state index in [-0.39, 0.29) is 18.2 Å². The van der Waals surface area contributed by atoms with Gasteiger partial charge in [0.1, 0.15) is 5.75 Å². The number of allylic oxidation sites excluding steroid dienone is 1. The Morgan fingerprint density at radius 2 is 1.83 bits per heavy atom. The van der Waals surface area contributed by atoms with Crippen LogP contribution in [0, 0.1) is 0 Å². The number of amides is 1. The lowest BCUT2D eigenvalue weighted by Crippen LogP contribution is -2.43. The molecule has 0 atom stereocenters. The van der Waals surface area contributed by atoms with Gasteiger partial charge in [-0.3, -0.25) is 4.99 Å². The summed E-state index contributed by atoms with van der Waals surface area (Å²) >= 11 is 6.09. The fourth-order valence-corrected chi connectivity index (χ4v) is 2.57. The van der Waals surface area contributed by atoms with E-state index in [1.165, 1.54) is 0 Å². The van der Waals surface area contributed by atoms with E-state index in [1.807, 2.05) is 47.6 Å². The van der Waals surface area contributed by atoms with Crippen LogP contribution in [0.5, 0.6) is 5.75 Å². The first-order valence-electron chi connectivity index (χ1n) is 7.76. The third-order valence-electron chi connectivity index (χ3n) is 3.28. The monoisotopic (exact) mass is 336 g/mol. The van der Waals surface area contributed by atoms with Crippen molar-refractivity contribution in [1.29, 1.82) is 0 Å². The van der Waals surface area contributed by atoms with E-state index in [0.717, 1.165) is 0 Å². The Kier molecular flexibility index (Phi) is 7.30. The maximum atomic E-state index is 12.5. The van der Waals surface area contributed by atoms with Crippen molar-refractivity contribution >= 4 is 29.6 Å². The van der Waals surface area contributed by atoms with Crippen LogP contribution in [0.1, 0.15) is 47.1 Å². The third-order valence-corrected chi connectivity index (χ3v) is 3.52. The molecule has 0 aliphatic heterocycles. The highest BCUT2D eigenvalue weighted by Gasteiger charge is 2.23. The van der Waals surface area contributed by atoms with Crippen LogP contribution >= 0.6 is 11.6 Å². The van der Waals surface area contributed by atoms with Gasteiger partial charge in [0, 0.05) is 28.9 Å². The van der Waals surface area contributed by atoms with E-state index in [9.17, 15) is 4.79 Å². The molecule has 0 bridgehead atoms. The standard InChI is InChI=1S/C18H25ClN2O2/c1-7-16(20-8-2)15-11-14(19)9-10-17(15)23-18(22)21(12(3)4)13(5)6/h7-13H,1-6H3. The molecule has 0 aliphatic carbocycles. The Hall–Kier alpha value is -1.81. The van der Waals surface area contributed by atoms with Crippen molar-refractivity contribution in [2.45, 2.75) is 53.6 Å². The summed E-state index contributed by atoms with van der Waals surface area (Å²) in [5.41, 5.74) is 1.40. The lowest BCUT2D eigenvalue weighted by atomic mass is 10.1. The number of carbonyl (C=O) groups excluding carboxylic acids is 1. The Morgan fingerprint density at radius 3 is 2.30 bits per heavy atom. The SMILES string of the molecule is CC=NC(=CC)c1cc(Cl)ccc1OC(=O)N(C(C)C)C(C)C. The zero-order valence-electron chi connectivity index (χ0n) is 14.6. The normalized spacial score (nSPS) is 12.3. The third kappa shape index (κ3) is 5.10. The van der Waals surface area contributed by atoms with Crippen LogP contribution in [-0.2, 0) is 0 Å². The Balaban J connectivity index is 3.21. The molecular weight excluding hydrogens is 312 g/mol. The summed E-state index contributed by atoms with van der Waals surface area (Å²) in [4.78, 5) is 18.5. The van der Waals surface area contributed by atoms with Crippen molar-refractivity contribution in [3.63, 3.8) is 0 Å². The van der Waals surface area contributed by atoms with Crippen LogP contribution in [0.15, 0.2) is 29.3 Å². The van der Waals surface area contributed by atoms with Crippen LogP contribution in [0.3, 0.4) is 0 Å². The molecule has 0 spiro atoms. The maximum Gasteiger partial charge on any atom is 0.415 e. The van der Waals surface area contributed by atoms with Crippen molar-refractivity contribution in [2.75, 3.05) is 0 Å². The van der Waals surface area contributed by atoms with Gasteiger partial charge in [0.2, 0.25) is 0 Å². The summed E-state index contributed by atoms with van der Waals surface area (Å²) in [6.07, 6.45) is 3.16. The summed E-state index contributed by atoms with van der Waals surface area (Å²) in [7, 11) is 0. The first-order chi connectivity index (χ1) is 10.8. The summed E-state index contributed by atoms with van der Waals surface area (Å²) in [5, 5.41) is 0.565. The fourth-order valence-electron chi connectivity index (χ4n) is 2.39. The molecule has 0 radical (unpaired) electrons. The molecule has 0 aliphatic rings. The Bertz CT molecular complexity index is 599. The van der Waals surface area contributed by atoms with Gasteiger partial charge < -0.3 is 9.64 Å². The number of benzene rings is 1. The van der Waals surface area contributed by atoms with Gasteiger partial charge >= 0.3 is 6.09 Å². The lowest BCUT2D eigenvalue weighted by Gasteiger charge is -2.29. The second kappa shape index (κ2) is 8.73. The highest BCUT2D eigenvalue weighted by Crippen LogP contribution is 2.30. The summed E-state index contributed by atoms with van der Waals surface area (Å²) in [6, 6.07) is 5.25. The van der Waals surface area contributed by atoms with Crippen molar-refractivity contribution in [3.05, 3.63) is 34.9 Å². The number of halogens is 1. The minimum atomic E-state index is -0.380. The highest BCUT2D eigenvalue weighted by molar-refractivity contribution is 6.30. The average Bonchev–Trinajstić information content (AvgIpc) is 2.46. The van der Waals surface area contributed by atoms with Crippen molar-refractivity contribution in [2.24, 2.45) is 4.99 Å². The van der Waals surface area contributed by atoms with E-state index in [0.29, 0.717) is 22.0 Å². The molecule has 1 amide bonds. The Morgan fingerprint density at radius 1 is 1.22 bits per heavy atom. The summed E-state index contributed by atoms with van der Waals surface area (Å²) in [6.45, 7) is 11.6. The largest absolute Gasteiger partial charge is 0.415 e. The molecular formula is C18H25ClN2O2. The molecule has 0 fully saturated rings. The maximum absolute atomic E-state index is 12.5. The Labute approximate surface area is 143 Å². The van der Waals surface area contributed by atoms with Gasteiger partial charge in [-0.15, -0.1) is 0 Å². The molecule has 23 heavy (non-hydrogen) atoms. The number of hydrogen-bond donors (Lipinski definition) is 0. The van der Waals surface area contributed by atoms with Crippen LogP contribution in [-0.4, -0.2) is 29.3 Å². The van der Waals surface area contributed by atoms with Gasteiger partial charge in [-0.05, 0) is 59.7 Å². The van der Waals surface area contributed by atoms with Crippen LogP contribution in [0.2, 0.25) is 5.02 Å². The van der Waals surface area contributed by atoms with Crippen molar-refractivity contribution in [1.82, 2.24) is 4.90 Å². The van der Waals surface area contributed by atoms with E-state index in [4.69, 9.17) is 16.3 Å². The number of ether oxygens (including phenoxy) is 1. The number of nitrogens with zero attached hydrogens (tertiary/aromatic N) is 2. The van der Waals surface area contributed by atoms with Crippen LogP contribution in [0.4, 0.5) is 4.79 Å². The molecule has 126 valence electrons. The molecule has 0 N–H and O–H groups in total. The van der Waals surface area contributed by atoms with Gasteiger partial charge in [0.25, 0.3) is 0 Å². The van der Waals surface area contributed by atoms with Gasteiger partial charge in [-0.2, -0.15) is 0 Å². The molecule has 0 aromatic heterocycles.